The van der Waals surface area contributed by atoms with Crippen LogP contribution in [-0.2, 0) is 19.6 Å². The van der Waals surface area contributed by atoms with Crippen LogP contribution in [0.4, 0.5) is 0 Å². The Kier molecular flexibility index (Phi) is 6.00. The number of esters is 1. The number of nitriles is 1. The Hall–Kier alpha value is -2.31. The predicted octanol–water partition coefficient (Wildman–Crippen LogP) is 0.972. The Morgan fingerprint density at radius 3 is 2.79 bits per heavy atom. The number of benzene rings is 1. The number of hydrogen-bond donors (Lipinski definition) is 1. The topological polar surface area (TPSA) is 115 Å². The van der Waals surface area contributed by atoms with Gasteiger partial charge in [0.2, 0.25) is 10.0 Å². The maximum atomic E-state index is 12.3. The lowest BCUT2D eigenvalue weighted by molar-refractivity contribution is -0.145. The van der Waals surface area contributed by atoms with Crippen LogP contribution in [0.15, 0.2) is 23.1 Å². The van der Waals surface area contributed by atoms with Crippen molar-refractivity contribution in [2.75, 3.05) is 19.8 Å². The summed E-state index contributed by atoms with van der Waals surface area (Å²) < 4.78 is 42.5. The number of hydrogen-bond acceptors (Lipinski definition) is 7. The molecule has 2 rings (SSSR count). The van der Waals surface area contributed by atoms with E-state index in [1.54, 1.807) is 6.07 Å². The summed E-state index contributed by atoms with van der Waals surface area (Å²) in [5.41, 5.74) is 0. The van der Waals surface area contributed by atoms with E-state index in [-0.39, 0.29) is 17.9 Å². The first-order valence-electron chi connectivity index (χ1n) is 7.41. The van der Waals surface area contributed by atoms with Gasteiger partial charge < -0.3 is 14.2 Å². The first-order chi connectivity index (χ1) is 11.4. The van der Waals surface area contributed by atoms with Crippen LogP contribution in [0.1, 0.15) is 19.8 Å². The van der Waals surface area contributed by atoms with Gasteiger partial charge in [-0.2, -0.15) is 5.26 Å². The number of rotatable bonds is 6. The number of nitrogens with zero attached hydrogens (tertiary/aromatic N) is 1. The van der Waals surface area contributed by atoms with Gasteiger partial charge >= 0.3 is 5.97 Å². The van der Waals surface area contributed by atoms with Crippen LogP contribution in [-0.4, -0.2) is 40.2 Å². The first kappa shape index (κ1) is 18.0. The molecule has 0 aliphatic carbocycles. The van der Waals surface area contributed by atoms with Crippen molar-refractivity contribution < 1.29 is 27.4 Å². The molecule has 1 atom stereocenters. The van der Waals surface area contributed by atoms with E-state index in [2.05, 4.69) is 4.72 Å². The van der Waals surface area contributed by atoms with Crippen molar-refractivity contribution in [3.63, 3.8) is 0 Å². The van der Waals surface area contributed by atoms with Gasteiger partial charge in [0.05, 0.1) is 24.5 Å². The van der Waals surface area contributed by atoms with Gasteiger partial charge in [-0.15, -0.1) is 0 Å². The minimum Gasteiger partial charge on any atom is -0.490 e. The Morgan fingerprint density at radius 1 is 1.38 bits per heavy atom. The molecule has 1 N–H and O–H groups in total. The minimum absolute atomic E-state index is 0.0190. The maximum absolute atomic E-state index is 12.3. The van der Waals surface area contributed by atoms with Crippen LogP contribution in [0.3, 0.4) is 0 Å². The Balaban J connectivity index is 1.97. The fourth-order valence-electron chi connectivity index (χ4n) is 1.96. The molecule has 1 aromatic rings. The van der Waals surface area contributed by atoms with Gasteiger partial charge in [-0.25, -0.2) is 13.1 Å². The molecule has 1 aromatic carbocycles. The van der Waals surface area contributed by atoms with E-state index in [1.807, 2.05) is 0 Å². The van der Waals surface area contributed by atoms with Crippen LogP contribution >= 0.6 is 0 Å². The normalized spacial score (nSPS) is 15.0. The Labute approximate surface area is 140 Å². The smallest absolute Gasteiger partial charge is 0.308 e. The van der Waals surface area contributed by atoms with Crippen LogP contribution in [0, 0.1) is 11.3 Å². The van der Waals surface area contributed by atoms with Crippen molar-refractivity contribution in [3.05, 3.63) is 18.2 Å². The SMILES string of the molecule is C[C@@H](C#N)OC(=O)CCNS(=O)(=O)c1ccc2c(c1)OCCCO2. The van der Waals surface area contributed by atoms with Crippen LogP contribution in [0.25, 0.3) is 0 Å². The molecule has 0 aromatic heterocycles. The standard InChI is InChI=1S/C15H18N2O6S/c1-11(10-16)23-15(18)5-6-17-24(19,20)12-3-4-13-14(9-12)22-8-2-7-21-13/h3-4,9,11,17H,2,5-8H2,1H3/t11-/m0/s1. The lowest BCUT2D eigenvalue weighted by Crippen LogP contribution is -2.27. The van der Waals surface area contributed by atoms with Crippen molar-refractivity contribution >= 4 is 16.0 Å². The highest BCUT2D eigenvalue weighted by Crippen LogP contribution is 2.31. The molecule has 24 heavy (non-hydrogen) atoms. The number of fused-ring (bicyclic) bond motifs is 1. The van der Waals surface area contributed by atoms with Crippen molar-refractivity contribution in [2.45, 2.75) is 30.8 Å². The molecule has 1 aliphatic heterocycles. The van der Waals surface area contributed by atoms with Crippen LogP contribution < -0.4 is 14.2 Å². The maximum Gasteiger partial charge on any atom is 0.308 e. The number of nitrogens with one attached hydrogen (secondary N) is 1. The minimum atomic E-state index is -3.79. The number of ether oxygens (including phenoxy) is 3. The van der Waals surface area contributed by atoms with E-state index in [4.69, 9.17) is 19.5 Å². The average Bonchev–Trinajstić information content (AvgIpc) is 2.79. The summed E-state index contributed by atoms with van der Waals surface area (Å²) >= 11 is 0. The van der Waals surface area contributed by atoms with Crippen LogP contribution in [0.2, 0.25) is 0 Å². The Morgan fingerprint density at radius 2 is 2.08 bits per heavy atom. The van der Waals surface area contributed by atoms with E-state index >= 15 is 0 Å². The zero-order valence-corrected chi connectivity index (χ0v) is 14.0. The van der Waals surface area contributed by atoms with Gasteiger partial charge in [0.25, 0.3) is 0 Å². The van der Waals surface area contributed by atoms with Crippen LogP contribution in [0.5, 0.6) is 11.5 Å². The molecule has 0 fully saturated rings. The molecular weight excluding hydrogens is 336 g/mol. The van der Waals surface area contributed by atoms with Gasteiger partial charge in [0, 0.05) is 19.0 Å². The van der Waals surface area contributed by atoms with E-state index in [0.717, 1.165) is 6.42 Å². The molecular formula is C15H18N2O6S. The summed E-state index contributed by atoms with van der Waals surface area (Å²) in [6.07, 6.45) is -0.315. The third kappa shape index (κ3) is 4.84. The number of carbonyl (C=O) groups excluding carboxylic acids is 1. The summed E-state index contributed by atoms with van der Waals surface area (Å²) in [4.78, 5) is 11.4. The summed E-state index contributed by atoms with van der Waals surface area (Å²) in [7, 11) is -3.79. The van der Waals surface area contributed by atoms with E-state index in [1.165, 1.54) is 25.1 Å². The zero-order chi connectivity index (χ0) is 17.6. The molecule has 1 aliphatic rings. The van der Waals surface area contributed by atoms with Crippen molar-refractivity contribution in [3.8, 4) is 17.6 Å². The molecule has 8 nitrogen and oxygen atoms in total. The largest absolute Gasteiger partial charge is 0.490 e. The summed E-state index contributed by atoms with van der Waals surface area (Å²) in [6.45, 7) is 2.26. The molecule has 0 saturated heterocycles. The molecule has 130 valence electrons. The molecule has 0 spiro atoms. The highest BCUT2D eigenvalue weighted by Gasteiger charge is 2.19. The second-order valence-electron chi connectivity index (χ2n) is 5.07. The van der Waals surface area contributed by atoms with Gasteiger partial charge in [0.1, 0.15) is 6.07 Å². The number of carbonyl (C=O) groups is 1. The van der Waals surface area contributed by atoms with Gasteiger partial charge in [0.15, 0.2) is 17.6 Å². The zero-order valence-electron chi connectivity index (χ0n) is 13.1. The van der Waals surface area contributed by atoms with Crippen molar-refractivity contribution in [2.24, 2.45) is 0 Å². The molecule has 1 heterocycles. The molecule has 0 unspecified atom stereocenters. The van der Waals surface area contributed by atoms with E-state index < -0.39 is 22.1 Å². The highest BCUT2D eigenvalue weighted by atomic mass is 32.2. The van der Waals surface area contributed by atoms with Gasteiger partial charge in [-0.05, 0) is 19.1 Å². The average molecular weight is 354 g/mol. The Bertz CT molecular complexity index is 741. The summed E-state index contributed by atoms with van der Waals surface area (Å²) in [5.74, 6) is 0.226. The monoisotopic (exact) mass is 354 g/mol. The predicted molar refractivity (Wildman–Crippen MR) is 83.0 cm³/mol. The van der Waals surface area contributed by atoms with Gasteiger partial charge in [-0.3, -0.25) is 4.79 Å². The first-order valence-corrected chi connectivity index (χ1v) is 8.89. The number of sulfonamides is 1. The summed E-state index contributed by atoms with van der Waals surface area (Å²) in [5, 5.41) is 8.54. The third-order valence-electron chi connectivity index (χ3n) is 3.14. The van der Waals surface area contributed by atoms with E-state index in [9.17, 15) is 13.2 Å². The second kappa shape index (κ2) is 7.99. The molecule has 0 bridgehead atoms. The van der Waals surface area contributed by atoms with Crippen molar-refractivity contribution in [1.82, 2.24) is 4.72 Å². The van der Waals surface area contributed by atoms with E-state index in [0.29, 0.717) is 24.7 Å². The third-order valence-corrected chi connectivity index (χ3v) is 4.60. The fraction of sp³-hybridized carbons (Fsp3) is 0.467. The quantitative estimate of drug-likeness (QED) is 0.757. The molecule has 9 heteroatoms. The molecule has 0 saturated carbocycles. The molecule has 0 amide bonds. The lowest BCUT2D eigenvalue weighted by atomic mass is 10.3. The molecule has 0 radical (unpaired) electrons. The fourth-order valence-corrected chi connectivity index (χ4v) is 3.01. The van der Waals surface area contributed by atoms with Gasteiger partial charge in [-0.1, -0.05) is 0 Å². The highest BCUT2D eigenvalue weighted by molar-refractivity contribution is 7.89. The van der Waals surface area contributed by atoms with Crippen molar-refractivity contribution in [1.29, 1.82) is 5.26 Å². The second-order valence-corrected chi connectivity index (χ2v) is 6.83. The summed E-state index contributed by atoms with van der Waals surface area (Å²) in [6, 6.07) is 6.09. The lowest BCUT2D eigenvalue weighted by Gasteiger charge is -2.11.